The summed E-state index contributed by atoms with van der Waals surface area (Å²) >= 11 is 0. The van der Waals surface area contributed by atoms with Gasteiger partial charge in [0.15, 0.2) is 0 Å². The Kier molecular flexibility index (Phi) is 4.70. The number of anilines is 1. The Balaban J connectivity index is 1.49. The van der Waals surface area contributed by atoms with Crippen molar-refractivity contribution < 1.29 is 13.9 Å². The fraction of sp³-hybridized carbons (Fsp3) is 0.400. The molecule has 1 aromatic heterocycles. The summed E-state index contributed by atoms with van der Waals surface area (Å²) in [5, 5.41) is 0. The minimum atomic E-state index is -0.319. The van der Waals surface area contributed by atoms with Crippen molar-refractivity contribution in [3.8, 4) is 0 Å². The van der Waals surface area contributed by atoms with Gasteiger partial charge in [0.2, 0.25) is 0 Å². The highest BCUT2D eigenvalue weighted by molar-refractivity contribution is 5.94. The second kappa shape index (κ2) is 7.13. The lowest BCUT2D eigenvalue weighted by Gasteiger charge is -2.32. The molecule has 0 saturated carbocycles. The van der Waals surface area contributed by atoms with Gasteiger partial charge in [0.1, 0.15) is 12.4 Å². The molecule has 2 fully saturated rings. The lowest BCUT2D eigenvalue weighted by molar-refractivity contribution is -0.122. The average Bonchev–Trinajstić information content (AvgIpc) is 2.97. The number of likely N-dealkylation sites (tertiary alicyclic amines) is 1. The van der Waals surface area contributed by atoms with Gasteiger partial charge in [-0.3, -0.25) is 14.7 Å². The third-order valence-corrected chi connectivity index (χ3v) is 5.19. The lowest BCUT2D eigenvalue weighted by atomic mass is 9.87. The maximum absolute atomic E-state index is 13.0. The van der Waals surface area contributed by atoms with Crippen molar-refractivity contribution in [1.29, 1.82) is 0 Å². The quantitative estimate of drug-likeness (QED) is 0.849. The Bertz CT molecular complexity index is 768. The van der Waals surface area contributed by atoms with Crippen LogP contribution in [0.25, 0.3) is 0 Å². The van der Waals surface area contributed by atoms with E-state index in [4.69, 9.17) is 4.74 Å². The summed E-state index contributed by atoms with van der Waals surface area (Å²) in [4.78, 5) is 20.8. The van der Waals surface area contributed by atoms with Crippen molar-refractivity contribution >= 4 is 11.6 Å². The van der Waals surface area contributed by atoms with E-state index in [-0.39, 0.29) is 23.7 Å². The number of rotatable bonds is 3. The van der Waals surface area contributed by atoms with Crippen LogP contribution in [0.5, 0.6) is 0 Å². The van der Waals surface area contributed by atoms with E-state index in [2.05, 4.69) is 9.88 Å². The van der Waals surface area contributed by atoms with Crippen LogP contribution in [0.3, 0.4) is 0 Å². The highest BCUT2D eigenvalue weighted by atomic mass is 19.1. The molecule has 1 amide bonds. The van der Waals surface area contributed by atoms with Gasteiger partial charge in [-0.1, -0.05) is 18.2 Å². The Morgan fingerprint density at radius 2 is 2.00 bits per heavy atom. The molecule has 1 atom stereocenters. The van der Waals surface area contributed by atoms with Crippen LogP contribution in [0.2, 0.25) is 0 Å². The zero-order valence-electron chi connectivity index (χ0n) is 14.6. The first-order chi connectivity index (χ1) is 12.6. The van der Waals surface area contributed by atoms with E-state index in [0.29, 0.717) is 19.7 Å². The van der Waals surface area contributed by atoms with E-state index in [0.717, 1.165) is 30.9 Å². The predicted molar refractivity (Wildman–Crippen MR) is 96.1 cm³/mol. The number of pyridine rings is 1. The number of halogens is 1. The third kappa shape index (κ3) is 3.61. The van der Waals surface area contributed by atoms with E-state index in [1.165, 1.54) is 12.3 Å². The maximum atomic E-state index is 13.0. The second-order valence-electron chi connectivity index (χ2n) is 7.24. The smallest absolute Gasteiger partial charge is 0.252 e. The molecule has 1 aromatic carbocycles. The summed E-state index contributed by atoms with van der Waals surface area (Å²) in [6.45, 7) is 3.79. The van der Waals surface area contributed by atoms with Crippen molar-refractivity contribution in [3.05, 3.63) is 60.2 Å². The average molecular weight is 355 g/mol. The fourth-order valence-corrected chi connectivity index (χ4v) is 3.88. The lowest BCUT2D eigenvalue weighted by Crippen LogP contribution is -2.42. The van der Waals surface area contributed by atoms with Gasteiger partial charge in [-0.15, -0.1) is 0 Å². The summed E-state index contributed by atoms with van der Waals surface area (Å²) in [7, 11) is 0. The van der Waals surface area contributed by atoms with Crippen molar-refractivity contribution in [1.82, 2.24) is 9.88 Å². The number of hydrogen-bond acceptors (Lipinski definition) is 4. The molecule has 0 bridgehead atoms. The second-order valence-corrected chi connectivity index (χ2v) is 7.24. The van der Waals surface area contributed by atoms with Crippen molar-refractivity contribution in [3.63, 3.8) is 0 Å². The zero-order valence-corrected chi connectivity index (χ0v) is 14.6. The number of amides is 1. The largest absolute Gasteiger partial charge is 0.371 e. The van der Waals surface area contributed by atoms with Gasteiger partial charge in [-0.05, 0) is 37.2 Å². The van der Waals surface area contributed by atoms with E-state index < -0.39 is 0 Å². The number of nitrogens with zero attached hydrogens (tertiary/aromatic N) is 3. The van der Waals surface area contributed by atoms with Crippen LogP contribution < -0.4 is 4.90 Å². The van der Waals surface area contributed by atoms with Gasteiger partial charge in [-0.2, -0.15) is 0 Å². The summed E-state index contributed by atoms with van der Waals surface area (Å²) in [5.74, 6) is -0.312. The maximum Gasteiger partial charge on any atom is 0.252 e. The molecule has 2 aliphatic rings. The van der Waals surface area contributed by atoms with Crippen molar-refractivity contribution in [2.45, 2.75) is 13.0 Å². The molecule has 5 nitrogen and oxygen atoms in total. The molecule has 2 aliphatic heterocycles. The normalized spacial score (nSPS) is 24.2. The Labute approximate surface area is 152 Å². The van der Waals surface area contributed by atoms with Crippen molar-refractivity contribution in [2.75, 3.05) is 37.7 Å². The number of ether oxygens (including phenoxy) is 1. The molecular formula is C20H22FN3O2. The first-order valence-corrected chi connectivity index (χ1v) is 8.90. The topological polar surface area (TPSA) is 45.7 Å². The summed E-state index contributed by atoms with van der Waals surface area (Å²) in [5.41, 5.74) is 1.69. The molecule has 0 N–H and O–H groups in total. The fourth-order valence-electron chi connectivity index (χ4n) is 3.88. The number of carbonyl (C=O) groups excluding carboxylic acids is 1. The molecule has 2 saturated heterocycles. The van der Waals surface area contributed by atoms with Crippen molar-refractivity contribution in [2.24, 2.45) is 5.41 Å². The monoisotopic (exact) mass is 355 g/mol. The highest BCUT2D eigenvalue weighted by Gasteiger charge is 2.43. The summed E-state index contributed by atoms with van der Waals surface area (Å²) in [6, 6.07) is 12.9. The molecule has 3 heterocycles. The number of aromatic nitrogens is 1. The van der Waals surface area contributed by atoms with Crippen LogP contribution in [-0.4, -0.2) is 48.6 Å². The Morgan fingerprint density at radius 3 is 2.77 bits per heavy atom. The van der Waals surface area contributed by atoms with E-state index in [9.17, 15) is 9.18 Å². The first kappa shape index (κ1) is 17.1. The molecule has 1 unspecified atom stereocenters. The molecule has 0 radical (unpaired) electrons. The molecular weight excluding hydrogens is 333 g/mol. The van der Waals surface area contributed by atoms with Gasteiger partial charge in [-0.25, -0.2) is 4.39 Å². The molecule has 136 valence electrons. The van der Waals surface area contributed by atoms with Gasteiger partial charge in [0.05, 0.1) is 18.5 Å². The zero-order chi connectivity index (χ0) is 18.0. The van der Waals surface area contributed by atoms with E-state index >= 15 is 0 Å². The molecule has 0 aliphatic carbocycles. The Hall–Kier alpha value is -2.31. The van der Waals surface area contributed by atoms with E-state index in [1.807, 2.05) is 35.2 Å². The number of benzene rings is 1. The van der Waals surface area contributed by atoms with Crippen LogP contribution in [-0.2, 0) is 16.1 Å². The van der Waals surface area contributed by atoms with Crippen LogP contribution >= 0.6 is 0 Å². The van der Waals surface area contributed by atoms with Crippen LogP contribution in [0, 0.1) is 11.2 Å². The summed E-state index contributed by atoms with van der Waals surface area (Å²) < 4.78 is 18.8. The van der Waals surface area contributed by atoms with Gasteiger partial charge in [0.25, 0.3) is 5.91 Å². The summed E-state index contributed by atoms with van der Waals surface area (Å²) in [6.07, 6.45) is 2.22. The van der Waals surface area contributed by atoms with Gasteiger partial charge >= 0.3 is 0 Å². The number of hydrogen-bond donors (Lipinski definition) is 0. The first-order valence-electron chi connectivity index (χ1n) is 8.90. The standard InChI is InChI=1S/C20H22FN3O2/c21-16-6-7-17(22-10-16)11-23-9-8-20(13-23)14-24(19(25)12-26-15-20)18-4-2-1-3-5-18/h1-7,10H,8-9,11-15H2. The SMILES string of the molecule is O=C1COCC2(CCN(Cc3ccc(F)cn3)C2)CN1c1ccccc1. The molecule has 26 heavy (non-hydrogen) atoms. The third-order valence-electron chi connectivity index (χ3n) is 5.19. The number of carbonyl (C=O) groups is 1. The molecule has 4 rings (SSSR count). The minimum Gasteiger partial charge on any atom is -0.371 e. The van der Waals surface area contributed by atoms with Gasteiger partial charge in [0, 0.05) is 30.7 Å². The van der Waals surface area contributed by atoms with Crippen LogP contribution in [0.15, 0.2) is 48.7 Å². The number of para-hydroxylation sites is 1. The van der Waals surface area contributed by atoms with Gasteiger partial charge < -0.3 is 9.64 Å². The molecule has 6 heteroatoms. The predicted octanol–water partition coefficient (Wildman–Crippen LogP) is 2.48. The molecule has 2 aromatic rings. The minimum absolute atomic E-state index is 0.00623. The van der Waals surface area contributed by atoms with Crippen LogP contribution in [0.1, 0.15) is 12.1 Å². The highest BCUT2D eigenvalue weighted by Crippen LogP contribution is 2.35. The van der Waals surface area contributed by atoms with E-state index in [1.54, 1.807) is 6.07 Å². The Morgan fingerprint density at radius 1 is 1.15 bits per heavy atom. The van der Waals surface area contributed by atoms with Crippen LogP contribution in [0.4, 0.5) is 10.1 Å². The molecule has 1 spiro atoms.